The molecule has 0 aliphatic carbocycles. The van der Waals surface area contributed by atoms with Crippen LogP contribution < -0.4 is 10.1 Å². The summed E-state index contributed by atoms with van der Waals surface area (Å²) in [5, 5.41) is 15.0. The van der Waals surface area contributed by atoms with Gasteiger partial charge in [-0.05, 0) is 31.5 Å². The van der Waals surface area contributed by atoms with Gasteiger partial charge in [0, 0.05) is 18.5 Å². The topological polar surface area (TPSA) is 115 Å². The Bertz CT molecular complexity index is 683. The average Bonchev–Trinajstić information content (AvgIpc) is 2.95. The number of aryl methyl sites for hydroxylation is 2. The number of carbonyl (C=O) groups excluding carboxylic acids is 1. The van der Waals surface area contributed by atoms with Gasteiger partial charge in [0.2, 0.25) is 5.89 Å². The summed E-state index contributed by atoms with van der Waals surface area (Å²) in [4.78, 5) is 26.6. The van der Waals surface area contributed by atoms with Crippen molar-refractivity contribution in [3.63, 3.8) is 0 Å². The number of rotatable bonds is 8. The van der Waals surface area contributed by atoms with Gasteiger partial charge in [0.1, 0.15) is 5.75 Å². The fourth-order valence-corrected chi connectivity index (χ4v) is 1.86. The first-order chi connectivity index (χ1) is 11.0. The molecule has 0 saturated carbocycles. The minimum Gasteiger partial charge on any atom is -0.482 e. The second kappa shape index (κ2) is 7.92. The standard InChI is InChI=1S/C15H17N3O5/c1-10-17-13(23-18-10)6-3-7-16-15(21)11-4-2-5-12(8-11)22-9-14(19)20/h2,4-5,8H,3,6-7,9H2,1H3,(H,16,21)(H,19,20). The molecule has 8 heteroatoms. The van der Waals surface area contributed by atoms with E-state index in [0.29, 0.717) is 42.4 Å². The molecule has 1 amide bonds. The van der Waals surface area contributed by atoms with E-state index in [1.165, 1.54) is 6.07 Å². The number of hydrogen-bond acceptors (Lipinski definition) is 6. The van der Waals surface area contributed by atoms with E-state index in [2.05, 4.69) is 15.5 Å². The molecule has 0 atom stereocenters. The van der Waals surface area contributed by atoms with Crippen molar-refractivity contribution < 1.29 is 24.0 Å². The number of hydrogen-bond donors (Lipinski definition) is 2. The number of carbonyl (C=O) groups is 2. The lowest BCUT2D eigenvalue weighted by Crippen LogP contribution is -2.24. The summed E-state index contributed by atoms with van der Waals surface area (Å²) < 4.78 is 10.0. The van der Waals surface area contributed by atoms with Crippen LogP contribution in [0, 0.1) is 6.92 Å². The zero-order chi connectivity index (χ0) is 16.7. The molecule has 2 N–H and O–H groups in total. The lowest BCUT2D eigenvalue weighted by Gasteiger charge is -2.07. The van der Waals surface area contributed by atoms with E-state index in [9.17, 15) is 9.59 Å². The van der Waals surface area contributed by atoms with Gasteiger partial charge in [0.15, 0.2) is 12.4 Å². The van der Waals surface area contributed by atoms with Crippen molar-refractivity contribution in [1.82, 2.24) is 15.5 Å². The Hall–Kier alpha value is -2.90. The monoisotopic (exact) mass is 319 g/mol. The van der Waals surface area contributed by atoms with Gasteiger partial charge in [-0.15, -0.1) is 0 Å². The predicted molar refractivity (Wildman–Crippen MR) is 79.3 cm³/mol. The molecule has 23 heavy (non-hydrogen) atoms. The Kier molecular flexibility index (Phi) is 5.67. The summed E-state index contributed by atoms with van der Waals surface area (Å²) >= 11 is 0. The molecule has 1 aromatic heterocycles. The van der Waals surface area contributed by atoms with E-state index in [1.807, 2.05) is 0 Å². The maximum absolute atomic E-state index is 12.0. The molecule has 0 aliphatic heterocycles. The van der Waals surface area contributed by atoms with Crippen LogP contribution in [0.15, 0.2) is 28.8 Å². The van der Waals surface area contributed by atoms with Crippen LogP contribution >= 0.6 is 0 Å². The van der Waals surface area contributed by atoms with E-state index in [0.717, 1.165) is 0 Å². The quantitative estimate of drug-likeness (QED) is 0.703. The molecule has 8 nitrogen and oxygen atoms in total. The number of carboxylic acids is 1. The van der Waals surface area contributed by atoms with E-state index >= 15 is 0 Å². The van der Waals surface area contributed by atoms with Crippen molar-refractivity contribution in [3.8, 4) is 5.75 Å². The van der Waals surface area contributed by atoms with Gasteiger partial charge in [-0.2, -0.15) is 4.98 Å². The van der Waals surface area contributed by atoms with Crippen LogP contribution in [0.2, 0.25) is 0 Å². The Balaban J connectivity index is 1.78. The molecule has 0 fully saturated rings. The normalized spacial score (nSPS) is 10.3. The predicted octanol–water partition coefficient (Wildman–Crippen LogP) is 1.20. The minimum absolute atomic E-state index is 0.257. The van der Waals surface area contributed by atoms with Crippen molar-refractivity contribution in [2.75, 3.05) is 13.2 Å². The number of benzene rings is 1. The third kappa shape index (κ3) is 5.42. The van der Waals surface area contributed by atoms with Crippen molar-refractivity contribution in [2.24, 2.45) is 0 Å². The zero-order valence-corrected chi connectivity index (χ0v) is 12.6. The second-order valence-corrected chi connectivity index (χ2v) is 4.81. The third-order valence-corrected chi connectivity index (χ3v) is 2.88. The van der Waals surface area contributed by atoms with Crippen LogP contribution in [0.4, 0.5) is 0 Å². The molecule has 0 aliphatic rings. The number of ether oxygens (including phenoxy) is 1. The first kappa shape index (κ1) is 16.5. The zero-order valence-electron chi connectivity index (χ0n) is 12.6. The highest BCUT2D eigenvalue weighted by Crippen LogP contribution is 2.13. The summed E-state index contributed by atoms with van der Waals surface area (Å²) in [7, 11) is 0. The highest BCUT2D eigenvalue weighted by molar-refractivity contribution is 5.94. The lowest BCUT2D eigenvalue weighted by molar-refractivity contribution is -0.139. The van der Waals surface area contributed by atoms with E-state index in [1.54, 1.807) is 25.1 Å². The number of carboxylic acid groups (broad SMARTS) is 1. The second-order valence-electron chi connectivity index (χ2n) is 4.81. The number of aliphatic carboxylic acids is 1. The Morgan fingerprint density at radius 2 is 2.22 bits per heavy atom. The van der Waals surface area contributed by atoms with E-state index in [-0.39, 0.29) is 5.91 Å². The summed E-state index contributed by atoms with van der Waals surface area (Å²) in [6.45, 7) is 1.75. The number of aromatic nitrogens is 2. The highest BCUT2D eigenvalue weighted by Gasteiger charge is 2.08. The number of nitrogens with one attached hydrogen (secondary N) is 1. The third-order valence-electron chi connectivity index (χ3n) is 2.88. The number of amides is 1. The Labute approximate surface area is 132 Å². The van der Waals surface area contributed by atoms with E-state index < -0.39 is 12.6 Å². The molecule has 0 radical (unpaired) electrons. The van der Waals surface area contributed by atoms with Crippen LogP contribution in [-0.2, 0) is 11.2 Å². The van der Waals surface area contributed by atoms with Crippen LogP contribution in [0.5, 0.6) is 5.75 Å². The van der Waals surface area contributed by atoms with Gasteiger partial charge in [-0.1, -0.05) is 11.2 Å². The van der Waals surface area contributed by atoms with Gasteiger partial charge in [0.25, 0.3) is 5.91 Å². The summed E-state index contributed by atoms with van der Waals surface area (Å²) in [6.07, 6.45) is 1.26. The molecule has 0 spiro atoms. The average molecular weight is 319 g/mol. The molecule has 2 aromatic rings. The first-order valence-electron chi connectivity index (χ1n) is 7.06. The fraction of sp³-hybridized carbons (Fsp3) is 0.333. The van der Waals surface area contributed by atoms with Crippen LogP contribution in [0.3, 0.4) is 0 Å². The molecular weight excluding hydrogens is 302 g/mol. The molecule has 1 heterocycles. The van der Waals surface area contributed by atoms with Crippen LogP contribution in [-0.4, -0.2) is 40.3 Å². The summed E-state index contributed by atoms with van der Waals surface area (Å²) in [6, 6.07) is 6.36. The molecule has 0 bridgehead atoms. The maximum Gasteiger partial charge on any atom is 0.341 e. The van der Waals surface area contributed by atoms with Crippen molar-refractivity contribution in [1.29, 1.82) is 0 Å². The number of nitrogens with zero attached hydrogens (tertiary/aromatic N) is 2. The molecule has 0 unspecified atom stereocenters. The van der Waals surface area contributed by atoms with Crippen molar-refractivity contribution in [2.45, 2.75) is 19.8 Å². The maximum atomic E-state index is 12.0. The van der Waals surface area contributed by atoms with Crippen molar-refractivity contribution >= 4 is 11.9 Å². The van der Waals surface area contributed by atoms with Gasteiger partial charge in [0.05, 0.1) is 0 Å². The molecule has 1 aromatic carbocycles. The van der Waals surface area contributed by atoms with Gasteiger partial charge >= 0.3 is 5.97 Å². The molecule has 0 saturated heterocycles. The smallest absolute Gasteiger partial charge is 0.341 e. The van der Waals surface area contributed by atoms with Gasteiger partial charge in [-0.3, -0.25) is 4.79 Å². The van der Waals surface area contributed by atoms with Crippen LogP contribution in [0.25, 0.3) is 0 Å². The molecule has 122 valence electrons. The Morgan fingerprint density at radius 1 is 1.39 bits per heavy atom. The van der Waals surface area contributed by atoms with Crippen molar-refractivity contribution in [3.05, 3.63) is 41.5 Å². The summed E-state index contributed by atoms with van der Waals surface area (Å²) in [5.41, 5.74) is 0.404. The Morgan fingerprint density at radius 3 is 2.91 bits per heavy atom. The van der Waals surface area contributed by atoms with Crippen LogP contribution in [0.1, 0.15) is 28.5 Å². The highest BCUT2D eigenvalue weighted by atomic mass is 16.5. The summed E-state index contributed by atoms with van der Waals surface area (Å²) in [5.74, 6) is 0.132. The lowest BCUT2D eigenvalue weighted by atomic mass is 10.2. The first-order valence-corrected chi connectivity index (χ1v) is 7.06. The van der Waals surface area contributed by atoms with E-state index in [4.69, 9.17) is 14.4 Å². The molecular formula is C15H17N3O5. The van der Waals surface area contributed by atoms with Gasteiger partial charge < -0.3 is 19.7 Å². The SMILES string of the molecule is Cc1noc(CCCNC(=O)c2cccc(OCC(=O)O)c2)n1. The molecule has 2 rings (SSSR count). The largest absolute Gasteiger partial charge is 0.482 e. The van der Waals surface area contributed by atoms with Gasteiger partial charge in [-0.25, -0.2) is 4.79 Å². The minimum atomic E-state index is -1.07. The fourth-order valence-electron chi connectivity index (χ4n) is 1.86.